The summed E-state index contributed by atoms with van der Waals surface area (Å²) >= 11 is 0. The molecule has 0 unspecified atom stereocenters. The summed E-state index contributed by atoms with van der Waals surface area (Å²) in [5.41, 5.74) is 4.40. The number of rotatable bonds is 10. The third-order valence-electron chi connectivity index (χ3n) is 5.92. The number of carbonyl (C=O) groups is 2. The third kappa shape index (κ3) is 7.35. The molecule has 7 heteroatoms. The first-order valence-electron chi connectivity index (χ1n) is 12.0. The van der Waals surface area contributed by atoms with Gasteiger partial charge in [0.05, 0.1) is 13.2 Å². The van der Waals surface area contributed by atoms with Gasteiger partial charge in [0.1, 0.15) is 5.75 Å². The van der Waals surface area contributed by atoms with Crippen LogP contribution in [0, 0.1) is 0 Å². The summed E-state index contributed by atoms with van der Waals surface area (Å²) in [6.07, 6.45) is 3.01. The molecule has 1 saturated heterocycles. The summed E-state index contributed by atoms with van der Waals surface area (Å²) in [6, 6.07) is 13.2. The van der Waals surface area contributed by atoms with Gasteiger partial charge in [-0.3, -0.25) is 4.79 Å². The second-order valence-corrected chi connectivity index (χ2v) is 8.45. The van der Waals surface area contributed by atoms with Gasteiger partial charge in [-0.25, -0.2) is 4.79 Å². The van der Waals surface area contributed by atoms with Crippen LogP contribution in [0.5, 0.6) is 5.75 Å². The number of carbonyl (C=O) groups excluding carboxylic acids is 2. The second kappa shape index (κ2) is 12.8. The molecule has 1 aliphatic rings. The number of nitrogens with one attached hydrogen (secondary N) is 2. The van der Waals surface area contributed by atoms with E-state index in [4.69, 9.17) is 4.74 Å². The van der Waals surface area contributed by atoms with E-state index in [1.807, 2.05) is 48.2 Å². The number of ether oxygens (including phenoxy) is 1. The highest BCUT2D eigenvalue weighted by atomic mass is 16.5. The zero-order valence-electron chi connectivity index (χ0n) is 19.9. The smallest absolute Gasteiger partial charge is 0.315 e. The summed E-state index contributed by atoms with van der Waals surface area (Å²) in [6.45, 7) is 9.64. The topological polar surface area (TPSA) is 90.9 Å². The Bertz CT molecular complexity index is 999. The molecular formula is C27H35N3O4. The maximum Gasteiger partial charge on any atom is 0.315 e. The molecule has 1 heterocycles. The van der Waals surface area contributed by atoms with Crippen LogP contribution in [0.1, 0.15) is 43.7 Å². The quantitative estimate of drug-likeness (QED) is 0.456. The zero-order valence-corrected chi connectivity index (χ0v) is 19.9. The van der Waals surface area contributed by atoms with Gasteiger partial charge in [0.15, 0.2) is 0 Å². The van der Waals surface area contributed by atoms with Crippen molar-refractivity contribution in [3.63, 3.8) is 0 Å². The summed E-state index contributed by atoms with van der Waals surface area (Å²) < 4.78 is 5.29. The SMILES string of the molecule is C=C(CCCCC(=O)N1CCOCC1)c1ccc(-c2cccc(CNC(=O)NCC)c2)c(O)c1. The van der Waals surface area contributed by atoms with Crippen LogP contribution in [0.15, 0.2) is 49.0 Å². The predicted octanol–water partition coefficient (Wildman–Crippen LogP) is 4.31. The Labute approximate surface area is 201 Å². The van der Waals surface area contributed by atoms with Crippen molar-refractivity contribution in [1.29, 1.82) is 0 Å². The van der Waals surface area contributed by atoms with Crippen LogP contribution in [0.3, 0.4) is 0 Å². The molecule has 0 atom stereocenters. The van der Waals surface area contributed by atoms with Gasteiger partial charge in [0.2, 0.25) is 5.91 Å². The van der Waals surface area contributed by atoms with Crippen molar-refractivity contribution < 1.29 is 19.4 Å². The normalized spacial score (nSPS) is 13.4. The molecule has 0 bridgehead atoms. The molecule has 7 nitrogen and oxygen atoms in total. The number of amides is 3. The second-order valence-electron chi connectivity index (χ2n) is 8.45. The molecule has 3 N–H and O–H groups in total. The van der Waals surface area contributed by atoms with Crippen LogP contribution >= 0.6 is 0 Å². The number of urea groups is 1. The molecule has 3 rings (SSSR count). The van der Waals surface area contributed by atoms with E-state index in [1.54, 1.807) is 6.07 Å². The first-order chi connectivity index (χ1) is 16.5. The number of hydrogen-bond acceptors (Lipinski definition) is 4. The van der Waals surface area contributed by atoms with Crippen molar-refractivity contribution in [2.45, 2.75) is 39.2 Å². The fraction of sp³-hybridized carbons (Fsp3) is 0.407. The standard InChI is InChI=1S/C27H35N3O4/c1-3-28-27(33)29-19-21-8-6-9-23(17-21)24-12-11-22(18-25(24)31)20(2)7-4-5-10-26(32)30-13-15-34-16-14-30/h6,8-9,11-12,17-18,31H,2-5,7,10,13-16,19H2,1H3,(H2,28,29,33). The molecule has 1 fully saturated rings. The Morgan fingerprint density at radius 3 is 2.56 bits per heavy atom. The van der Waals surface area contributed by atoms with Crippen molar-refractivity contribution in [3.05, 3.63) is 60.2 Å². The summed E-state index contributed by atoms with van der Waals surface area (Å²) in [4.78, 5) is 25.8. The van der Waals surface area contributed by atoms with Gasteiger partial charge in [-0.15, -0.1) is 0 Å². The fourth-order valence-corrected chi connectivity index (χ4v) is 3.98. The van der Waals surface area contributed by atoms with Gasteiger partial charge in [-0.05, 0) is 60.6 Å². The van der Waals surface area contributed by atoms with Crippen molar-refractivity contribution in [3.8, 4) is 16.9 Å². The molecule has 0 saturated carbocycles. The minimum Gasteiger partial charge on any atom is -0.507 e. The number of allylic oxidation sites excluding steroid dienone is 1. The van der Waals surface area contributed by atoms with E-state index in [-0.39, 0.29) is 17.7 Å². The van der Waals surface area contributed by atoms with Crippen molar-refractivity contribution in [1.82, 2.24) is 15.5 Å². The Morgan fingerprint density at radius 2 is 1.82 bits per heavy atom. The first-order valence-corrected chi connectivity index (χ1v) is 12.0. The molecule has 0 radical (unpaired) electrons. The van der Waals surface area contributed by atoms with Crippen molar-refractivity contribution in [2.24, 2.45) is 0 Å². The van der Waals surface area contributed by atoms with E-state index in [0.29, 0.717) is 45.8 Å². The number of hydrogen-bond donors (Lipinski definition) is 3. The zero-order chi connectivity index (χ0) is 24.3. The third-order valence-corrected chi connectivity index (χ3v) is 5.92. The number of phenolic OH excluding ortho intramolecular Hbond substituents is 1. The van der Waals surface area contributed by atoms with Crippen LogP contribution < -0.4 is 10.6 Å². The molecular weight excluding hydrogens is 430 g/mol. The Morgan fingerprint density at radius 1 is 1.06 bits per heavy atom. The van der Waals surface area contributed by atoms with Gasteiger partial charge in [0.25, 0.3) is 0 Å². The number of benzene rings is 2. The van der Waals surface area contributed by atoms with Crippen LogP contribution in [-0.4, -0.2) is 54.8 Å². The van der Waals surface area contributed by atoms with E-state index in [1.165, 1.54) is 0 Å². The monoisotopic (exact) mass is 465 g/mol. The van der Waals surface area contributed by atoms with Gasteiger partial charge in [-0.1, -0.05) is 36.9 Å². The van der Waals surface area contributed by atoms with E-state index in [9.17, 15) is 14.7 Å². The molecule has 3 amide bonds. The number of morpholine rings is 1. The maximum absolute atomic E-state index is 12.2. The van der Waals surface area contributed by atoms with Gasteiger partial charge in [0, 0.05) is 38.2 Å². The number of unbranched alkanes of at least 4 members (excludes halogenated alkanes) is 1. The molecule has 182 valence electrons. The Kier molecular flexibility index (Phi) is 9.52. The fourth-order valence-electron chi connectivity index (χ4n) is 3.98. The largest absolute Gasteiger partial charge is 0.507 e. The van der Waals surface area contributed by atoms with Crippen molar-refractivity contribution >= 4 is 17.5 Å². The molecule has 2 aromatic rings. The van der Waals surface area contributed by atoms with Gasteiger partial charge < -0.3 is 25.4 Å². The van der Waals surface area contributed by atoms with Crippen molar-refractivity contribution in [2.75, 3.05) is 32.8 Å². The maximum atomic E-state index is 12.2. The Balaban J connectivity index is 1.52. The summed E-state index contributed by atoms with van der Waals surface area (Å²) in [5, 5.41) is 16.2. The lowest BCUT2D eigenvalue weighted by molar-refractivity contribution is -0.135. The number of phenols is 1. The lowest BCUT2D eigenvalue weighted by Crippen LogP contribution is -2.40. The van der Waals surface area contributed by atoms with Crippen LogP contribution in [0.2, 0.25) is 0 Å². The summed E-state index contributed by atoms with van der Waals surface area (Å²) in [5.74, 6) is 0.384. The number of nitrogens with zero attached hydrogens (tertiary/aromatic N) is 1. The average molecular weight is 466 g/mol. The van der Waals surface area contributed by atoms with Crippen LogP contribution in [0.4, 0.5) is 4.79 Å². The molecule has 0 aromatic heterocycles. The molecule has 2 aromatic carbocycles. The summed E-state index contributed by atoms with van der Waals surface area (Å²) in [7, 11) is 0. The van der Waals surface area contributed by atoms with Crippen LogP contribution in [-0.2, 0) is 16.1 Å². The average Bonchev–Trinajstić information content (AvgIpc) is 2.86. The molecule has 0 aliphatic carbocycles. The minimum absolute atomic E-state index is 0.190. The minimum atomic E-state index is -0.205. The molecule has 1 aliphatic heterocycles. The Hall–Kier alpha value is -3.32. The number of aromatic hydroxyl groups is 1. The van der Waals surface area contributed by atoms with E-state index in [0.717, 1.165) is 47.1 Å². The van der Waals surface area contributed by atoms with E-state index >= 15 is 0 Å². The lowest BCUT2D eigenvalue weighted by atomic mass is 9.96. The van der Waals surface area contributed by atoms with Crippen LogP contribution in [0.25, 0.3) is 16.7 Å². The molecule has 0 spiro atoms. The first kappa shape index (κ1) is 25.3. The predicted molar refractivity (Wildman–Crippen MR) is 134 cm³/mol. The van der Waals surface area contributed by atoms with E-state index < -0.39 is 0 Å². The molecule has 34 heavy (non-hydrogen) atoms. The van der Waals surface area contributed by atoms with Gasteiger partial charge >= 0.3 is 6.03 Å². The highest BCUT2D eigenvalue weighted by Gasteiger charge is 2.16. The van der Waals surface area contributed by atoms with Gasteiger partial charge in [-0.2, -0.15) is 0 Å². The van der Waals surface area contributed by atoms with E-state index in [2.05, 4.69) is 17.2 Å². The lowest BCUT2D eigenvalue weighted by Gasteiger charge is -2.26. The highest BCUT2D eigenvalue weighted by Crippen LogP contribution is 2.33. The highest BCUT2D eigenvalue weighted by molar-refractivity contribution is 5.77.